The highest BCUT2D eigenvalue weighted by Crippen LogP contribution is 2.64. The summed E-state index contributed by atoms with van der Waals surface area (Å²) in [6.45, 7) is 6.09. The van der Waals surface area contributed by atoms with E-state index in [0.717, 1.165) is 12.8 Å². The second-order valence-corrected chi connectivity index (χ2v) is 7.21. The molecule has 4 aliphatic rings. The van der Waals surface area contributed by atoms with Gasteiger partial charge in [-0.1, -0.05) is 13.8 Å². The van der Waals surface area contributed by atoms with Gasteiger partial charge in [-0.25, -0.2) is 0 Å². The lowest BCUT2D eigenvalue weighted by Crippen LogP contribution is -2.57. The predicted octanol–water partition coefficient (Wildman–Crippen LogP) is 1.71. The van der Waals surface area contributed by atoms with Gasteiger partial charge in [0.15, 0.2) is 0 Å². The zero-order valence-corrected chi connectivity index (χ0v) is 11.6. The Kier molecular flexibility index (Phi) is 2.01. The molecular formula is C15H20O4. The van der Waals surface area contributed by atoms with Crippen LogP contribution in [-0.2, 0) is 19.1 Å². The molecule has 0 N–H and O–H groups in total. The molecular weight excluding hydrogens is 244 g/mol. The van der Waals surface area contributed by atoms with Crippen molar-refractivity contribution in [2.75, 3.05) is 0 Å². The molecule has 0 spiro atoms. The van der Waals surface area contributed by atoms with Crippen LogP contribution in [-0.4, -0.2) is 29.6 Å². The van der Waals surface area contributed by atoms with Gasteiger partial charge in [0.1, 0.15) is 11.9 Å². The lowest BCUT2D eigenvalue weighted by Gasteiger charge is -2.49. The van der Waals surface area contributed by atoms with E-state index in [-0.39, 0.29) is 46.9 Å². The molecule has 7 atom stereocenters. The van der Waals surface area contributed by atoms with Gasteiger partial charge in [0, 0.05) is 23.7 Å². The number of esters is 1. The van der Waals surface area contributed by atoms with Crippen LogP contribution in [0.25, 0.3) is 0 Å². The van der Waals surface area contributed by atoms with E-state index in [1.165, 1.54) is 0 Å². The third-order valence-corrected chi connectivity index (χ3v) is 6.30. The molecule has 4 heteroatoms. The molecule has 104 valence electrons. The second-order valence-electron chi connectivity index (χ2n) is 7.21. The van der Waals surface area contributed by atoms with Crippen LogP contribution in [0.15, 0.2) is 0 Å². The Labute approximate surface area is 112 Å². The molecule has 0 aromatic rings. The zero-order chi connectivity index (χ0) is 13.6. The summed E-state index contributed by atoms with van der Waals surface area (Å²) in [6, 6.07) is 0. The standard InChI is InChI=1S/C15H20O4/c1-7-8-4-5-14(2)9(16)6-10-15(3,19-10)12(14)11(8)18-13(7)17/h7-8,10-12H,4-6H2,1-3H3. The summed E-state index contributed by atoms with van der Waals surface area (Å²) < 4.78 is 11.5. The summed E-state index contributed by atoms with van der Waals surface area (Å²) in [5, 5.41) is 0. The summed E-state index contributed by atoms with van der Waals surface area (Å²) in [6.07, 6.45) is 2.23. The van der Waals surface area contributed by atoms with Gasteiger partial charge in [-0.3, -0.25) is 9.59 Å². The molecule has 19 heavy (non-hydrogen) atoms. The maximum atomic E-state index is 12.5. The molecule has 7 unspecified atom stereocenters. The number of hydrogen-bond donors (Lipinski definition) is 0. The highest BCUT2D eigenvalue weighted by atomic mass is 16.6. The van der Waals surface area contributed by atoms with Gasteiger partial charge < -0.3 is 9.47 Å². The highest BCUT2D eigenvalue weighted by Gasteiger charge is 2.73. The molecule has 0 aromatic heterocycles. The first-order valence-corrected chi connectivity index (χ1v) is 7.29. The lowest BCUT2D eigenvalue weighted by atomic mass is 9.52. The quantitative estimate of drug-likeness (QED) is 0.493. The molecule has 0 amide bonds. The SMILES string of the molecule is CC1C(=O)OC2C1CCC1(C)C(=O)CC3OC3(C)C21. The third kappa shape index (κ3) is 1.24. The number of fused-ring (bicyclic) bond motifs is 5. The Bertz CT molecular complexity index is 487. The first-order valence-electron chi connectivity index (χ1n) is 7.29. The van der Waals surface area contributed by atoms with Crippen molar-refractivity contribution in [2.24, 2.45) is 23.2 Å². The van der Waals surface area contributed by atoms with Gasteiger partial charge in [-0.15, -0.1) is 0 Å². The number of hydrogen-bond acceptors (Lipinski definition) is 4. The van der Waals surface area contributed by atoms with Gasteiger partial charge in [0.05, 0.1) is 17.6 Å². The number of rotatable bonds is 0. The van der Waals surface area contributed by atoms with Crippen LogP contribution >= 0.6 is 0 Å². The van der Waals surface area contributed by atoms with Crippen molar-refractivity contribution < 1.29 is 19.1 Å². The second kappa shape index (κ2) is 3.22. The Hall–Kier alpha value is -0.900. The molecule has 2 aliphatic heterocycles. The number of epoxide rings is 1. The van der Waals surface area contributed by atoms with E-state index in [1.807, 2.05) is 6.92 Å². The number of ketones is 1. The topological polar surface area (TPSA) is 55.9 Å². The van der Waals surface area contributed by atoms with Gasteiger partial charge in [0.25, 0.3) is 0 Å². The summed E-state index contributed by atoms with van der Waals surface area (Å²) >= 11 is 0. The average Bonchev–Trinajstić information content (AvgIpc) is 2.90. The number of Topliss-reactive ketones (excluding diaryl/α,β-unsaturated/α-hetero) is 1. The van der Waals surface area contributed by atoms with Crippen molar-refractivity contribution in [3.05, 3.63) is 0 Å². The molecule has 2 heterocycles. The lowest BCUT2D eigenvalue weighted by molar-refractivity contribution is -0.158. The van der Waals surface area contributed by atoms with Gasteiger partial charge in [-0.2, -0.15) is 0 Å². The van der Waals surface area contributed by atoms with Crippen LogP contribution in [0.5, 0.6) is 0 Å². The van der Waals surface area contributed by atoms with Crippen molar-refractivity contribution >= 4 is 11.8 Å². The van der Waals surface area contributed by atoms with Crippen LogP contribution in [0, 0.1) is 23.2 Å². The summed E-state index contributed by atoms with van der Waals surface area (Å²) in [4.78, 5) is 24.3. The minimum atomic E-state index is -0.368. The van der Waals surface area contributed by atoms with Crippen molar-refractivity contribution in [3.63, 3.8) is 0 Å². The first-order chi connectivity index (χ1) is 8.88. The van der Waals surface area contributed by atoms with Crippen LogP contribution < -0.4 is 0 Å². The molecule has 4 nitrogen and oxygen atoms in total. The number of carbonyl (C=O) groups excluding carboxylic acids is 2. The summed E-state index contributed by atoms with van der Waals surface area (Å²) in [5.41, 5.74) is -0.621. The van der Waals surface area contributed by atoms with Crippen LogP contribution in [0.4, 0.5) is 0 Å². The Morgan fingerprint density at radius 2 is 2.00 bits per heavy atom. The smallest absolute Gasteiger partial charge is 0.309 e. The normalized spacial score (nSPS) is 59.0. The van der Waals surface area contributed by atoms with Gasteiger partial charge >= 0.3 is 5.97 Å². The molecule has 2 saturated carbocycles. The molecule has 4 fully saturated rings. The van der Waals surface area contributed by atoms with E-state index >= 15 is 0 Å². The number of ether oxygens (including phenoxy) is 2. The monoisotopic (exact) mass is 264 g/mol. The summed E-state index contributed by atoms with van der Waals surface area (Å²) in [5.74, 6) is 0.467. The van der Waals surface area contributed by atoms with Gasteiger partial charge in [-0.05, 0) is 19.8 Å². The van der Waals surface area contributed by atoms with Crippen LogP contribution in [0.3, 0.4) is 0 Å². The van der Waals surface area contributed by atoms with Crippen molar-refractivity contribution in [3.8, 4) is 0 Å². The van der Waals surface area contributed by atoms with Crippen molar-refractivity contribution in [1.29, 1.82) is 0 Å². The molecule has 2 saturated heterocycles. The van der Waals surface area contributed by atoms with Crippen LogP contribution in [0.2, 0.25) is 0 Å². The number of carbonyl (C=O) groups is 2. The zero-order valence-electron chi connectivity index (χ0n) is 11.6. The first kappa shape index (κ1) is 11.9. The van der Waals surface area contributed by atoms with E-state index in [4.69, 9.17) is 9.47 Å². The van der Waals surface area contributed by atoms with E-state index in [0.29, 0.717) is 12.2 Å². The third-order valence-electron chi connectivity index (χ3n) is 6.30. The minimum Gasteiger partial charge on any atom is -0.461 e. The van der Waals surface area contributed by atoms with Gasteiger partial charge in [0.2, 0.25) is 0 Å². The Morgan fingerprint density at radius 3 is 2.74 bits per heavy atom. The maximum Gasteiger partial charge on any atom is 0.309 e. The fourth-order valence-corrected chi connectivity index (χ4v) is 4.97. The highest BCUT2D eigenvalue weighted by molar-refractivity contribution is 5.88. The largest absolute Gasteiger partial charge is 0.461 e. The fourth-order valence-electron chi connectivity index (χ4n) is 4.97. The molecule has 0 bridgehead atoms. The maximum absolute atomic E-state index is 12.5. The Balaban J connectivity index is 1.78. The molecule has 0 aromatic carbocycles. The minimum absolute atomic E-state index is 0.0348. The molecule has 4 rings (SSSR count). The average molecular weight is 264 g/mol. The van der Waals surface area contributed by atoms with E-state index < -0.39 is 0 Å². The van der Waals surface area contributed by atoms with E-state index in [9.17, 15) is 9.59 Å². The van der Waals surface area contributed by atoms with E-state index in [2.05, 4.69) is 13.8 Å². The fraction of sp³-hybridized carbons (Fsp3) is 0.867. The van der Waals surface area contributed by atoms with E-state index in [1.54, 1.807) is 0 Å². The van der Waals surface area contributed by atoms with Crippen LogP contribution in [0.1, 0.15) is 40.0 Å². The van der Waals surface area contributed by atoms with Crippen molar-refractivity contribution in [2.45, 2.75) is 57.8 Å². The molecule has 2 aliphatic carbocycles. The Morgan fingerprint density at radius 1 is 1.26 bits per heavy atom. The summed E-state index contributed by atoms with van der Waals surface area (Å²) in [7, 11) is 0. The molecule has 0 radical (unpaired) electrons. The van der Waals surface area contributed by atoms with Crippen molar-refractivity contribution in [1.82, 2.24) is 0 Å². The predicted molar refractivity (Wildman–Crippen MR) is 66.3 cm³/mol.